The lowest BCUT2D eigenvalue weighted by Crippen LogP contribution is -2.29. The highest BCUT2D eigenvalue weighted by molar-refractivity contribution is 5.70. The minimum atomic E-state index is -0.750. The zero-order valence-electron chi connectivity index (χ0n) is 20.0. The molecule has 186 valence electrons. The predicted molar refractivity (Wildman–Crippen MR) is 123 cm³/mol. The fraction of sp³-hybridized carbons (Fsp3) is 0.609. The molecule has 3 aromatic heterocycles. The van der Waals surface area contributed by atoms with E-state index in [0.717, 1.165) is 56.1 Å². The van der Waals surface area contributed by atoms with Crippen molar-refractivity contribution < 1.29 is 19.4 Å². The molecule has 2 fully saturated rings. The molecule has 1 aliphatic heterocycles. The first kappa shape index (κ1) is 23.3. The Labute approximate surface area is 202 Å². The molecule has 12 heteroatoms. The maximum absolute atomic E-state index is 11.4. The van der Waals surface area contributed by atoms with Crippen LogP contribution in [0.4, 0.5) is 0 Å². The molecule has 1 aliphatic carbocycles. The van der Waals surface area contributed by atoms with Gasteiger partial charge in [0.1, 0.15) is 18.0 Å². The van der Waals surface area contributed by atoms with Crippen LogP contribution in [0.3, 0.4) is 0 Å². The molecule has 0 bridgehead atoms. The van der Waals surface area contributed by atoms with Crippen LogP contribution in [-0.4, -0.2) is 70.6 Å². The second kappa shape index (κ2) is 10.1. The smallest absolute Gasteiger partial charge is 0.306 e. The van der Waals surface area contributed by atoms with Crippen molar-refractivity contribution in [2.45, 2.75) is 64.0 Å². The van der Waals surface area contributed by atoms with E-state index in [1.807, 2.05) is 26.1 Å². The Morgan fingerprint density at radius 3 is 2.77 bits per heavy atom. The van der Waals surface area contributed by atoms with Crippen LogP contribution in [0.15, 0.2) is 12.1 Å². The molecule has 0 radical (unpaired) electrons. The summed E-state index contributed by atoms with van der Waals surface area (Å²) in [6.45, 7) is 3.69. The molecule has 35 heavy (non-hydrogen) atoms. The number of aliphatic carboxylic acids is 1. The Balaban J connectivity index is 1.31. The summed E-state index contributed by atoms with van der Waals surface area (Å²) in [6.07, 6.45) is 4.61. The van der Waals surface area contributed by atoms with E-state index in [9.17, 15) is 9.90 Å². The number of pyridine rings is 1. The van der Waals surface area contributed by atoms with Gasteiger partial charge in [-0.1, -0.05) is 5.21 Å². The number of carboxylic acids is 1. The van der Waals surface area contributed by atoms with Crippen molar-refractivity contribution in [2.24, 2.45) is 13.0 Å². The van der Waals surface area contributed by atoms with Gasteiger partial charge < -0.3 is 14.6 Å². The van der Waals surface area contributed by atoms with Gasteiger partial charge in [0, 0.05) is 26.2 Å². The Morgan fingerprint density at radius 2 is 2.00 bits per heavy atom. The molecular weight excluding hydrogens is 452 g/mol. The van der Waals surface area contributed by atoms with Gasteiger partial charge in [0.2, 0.25) is 0 Å². The van der Waals surface area contributed by atoms with Crippen LogP contribution in [0.1, 0.15) is 61.7 Å². The number of aryl methyl sites for hydroxylation is 2. The molecule has 0 spiro atoms. The van der Waals surface area contributed by atoms with Crippen LogP contribution in [0.5, 0.6) is 5.75 Å². The summed E-state index contributed by atoms with van der Waals surface area (Å²) >= 11 is 0. The van der Waals surface area contributed by atoms with E-state index in [0.29, 0.717) is 36.5 Å². The summed E-state index contributed by atoms with van der Waals surface area (Å²) < 4.78 is 13.3. The van der Waals surface area contributed by atoms with Gasteiger partial charge in [-0.2, -0.15) is 4.80 Å². The SMILES string of the molecule is Cc1nc(-c2nnn(C)c2Cn2nnc(C3CCOCC3)n2)ccc1O[C@H]1CCC[C@H](C(=O)O)C1. The topological polar surface area (TPSA) is 143 Å². The van der Waals surface area contributed by atoms with Gasteiger partial charge in [-0.3, -0.25) is 4.79 Å². The average molecular weight is 483 g/mol. The van der Waals surface area contributed by atoms with Crippen molar-refractivity contribution >= 4 is 5.97 Å². The lowest BCUT2D eigenvalue weighted by molar-refractivity contribution is -0.143. The van der Waals surface area contributed by atoms with E-state index in [-0.39, 0.29) is 17.9 Å². The number of aromatic nitrogens is 8. The number of carbonyl (C=O) groups is 1. The van der Waals surface area contributed by atoms with Crippen molar-refractivity contribution in [3.63, 3.8) is 0 Å². The number of tetrazole rings is 1. The van der Waals surface area contributed by atoms with Gasteiger partial charge in [0.15, 0.2) is 5.82 Å². The molecule has 1 saturated heterocycles. The normalized spacial score (nSPS) is 21.2. The lowest BCUT2D eigenvalue weighted by Gasteiger charge is -2.27. The number of ether oxygens (including phenoxy) is 2. The number of rotatable bonds is 7. The molecule has 3 aromatic rings. The van der Waals surface area contributed by atoms with Crippen molar-refractivity contribution in [3.8, 4) is 17.1 Å². The monoisotopic (exact) mass is 482 g/mol. The second-order valence-electron chi connectivity index (χ2n) is 9.29. The second-order valence-corrected chi connectivity index (χ2v) is 9.29. The molecule has 2 aliphatic rings. The molecule has 1 saturated carbocycles. The summed E-state index contributed by atoms with van der Waals surface area (Å²) in [4.78, 5) is 17.7. The minimum absolute atomic E-state index is 0.119. The Bertz CT molecular complexity index is 1190. The van der Waals surface area contributed by atoms with Crippen LogP contribution >= 0.6 is 0 Å². The van der Waals surface area contributed by atoms with Gasteiger partial charge in [-0.15, -0.1) is 15.3 Å². The summed E-state index contributed by atoms with van der Waals surface area (Å²) in [5, 5.41) is 30.9. The van der Waals surface area contributed by atoms with Crippen LogP contribution in [0.25, 0.3) is 11.4 Å². The van der Waals surface area contributed by atoms with Gasteiger partial charge in [-0.25, -0.2) is 9.67 Å². The standard InChI is InChI=1S/C23H30N8O4/c1-14-20(35-17-5-3-4-16(12-17)23(32)33)7-6-18(24-14)21-19(30(2)28-25-21)13-31-27-22(26-29-31)15-8-10-34-11-9-15/h6-7,15-17H,3-5,8-13H2,1-2H3,(H,32,33)/t16-,17-/m0/s1. The number of hydrogen-bond acceptors (Lipinski definition) is 9. The largest absolute Gasteiger partial charge is 0.489 e. The van der Waals surface area contributed by atoms with E-state index in [1.54, 1.807) is 9.48 Å². The maximum Gasteiger partial charge on any atom is 0.306 e. The first-order valence-corrected chi connectivity index (χ1v) is 12.1. The maximum atomic E-state index is 11.4. The molecule has 0 aromatic carbocycles. The van der Waals surface area contributed by atoms with E-state index in [2.05, 4.69) is 25.7 Å². The third-order valence-electron chi connectivity index (χ3n) is 6.84. The minimum Gasteiger partial charge on any atom is -0.489 e. The summed E-state index contributed by atoms with van der Waals surface area (Å²) in [7, 11) is 1.83. The van der Waals surface area contributed by atoms with Gasteiger partial charge >= 0.3 is 5.97 Å². The third-order valence-corrected chi connectivity index (χ3v) is 6.84. The highest BCUT2D eigenvalue weighted by atomic mass is 16.5. The fourth-order valence-electron chi connectivity index (χ4n) is 4.79. The third kappa shape index (κ3) is 5.16. The first-order valence-electron chi connectivity index (χ1n) is 12.1. The van der Waals surface area contributed by atoms with Crippen LogP contribution in [0.2, 0.25) is 0 Å². The molecule has 2 atom stereocenters. The van der Waals surface area contributed by atoms with E-state index in [1.165, 1.54) is 0 Å². The first-order chi connectivity index (χ1) is 17.0. The Morgan fingerprint density at radius 1 is 1.17 bits per heavy atom. The Hall–Kier alpha value is -3.41. The van der Waals surface area contributed by atoms with Crippen molar-refractivity contribution in [1.82, 2.24) is 40.2 Å². The van der Waals surface area contributed by atoms with E-state index < -0.39 is 5.97 Å². The molecule has 4 heterocycles. The van der Waals surface area contributed by atoms with Crippen molar-refractivity contribution in [1.29, 1.82) is 0 Å². The molecule has 0 unspecified atom stereocenters. The number of hydrogen-bond donors (Lipinski definition) is 1. The van der Waals surface area contributed by atoms with Gasteiger partial charge in [0.25, 0.3) is 0 Å². The predicted octanol–water partition coefficient (Wildman–Crippen LogP) is 2.14. The summed E-state index contributed by atoms with van der Waals surface area (Å²) in [5.74, 6) is 0.581. The number of carboxylic acid groups (broad SMARTS) is 1. The quantitative estimate of drug-likeness (QED) is 0.532. The highest BCUT2D eigenvalue weighted by Crippen LogP contribution is 2.30. The van der Waals surface area contributed by atoms with E-state index in [4.69, 9.17) is 14.5 Å². The zero-order chi connectivity index (χ0) is 24.4. The lowest BCUT2D eigenvalue weighted by atomic mass is 9.87. The van der Waals surface area contributed by atoms with Crippen molar-refractivity contribution in [3.05, 3.63) is 29.3 Å². The summed E-state index contributed by atoms with van der Waals surface area (Å²) in [6, 6.07) is 3.73. The molecule has 0 amide bonds. The van der Waals surface area contributed by atoms with Crippen LogP contribution in [-0.2, 0) is 23.1 Å². The Kier molecular flexibility index (Phi) is 6.71. The molecular formula is C23H30N8O4. The number of nitrogens with zero attached hydrogens (tertiary/aromatic N) is 8. The van der Waals surface area contributed by atoms with Crippen LogP contribution in [0, 0.1) is 12.8 Å². The molecule has 1 N–H and O–H groups in total. The molecule has 5 rings (SSSR count). The average Bonchev–Trinajstić information content (AvgIpc) is 3.48. The zero-order valence-corrected chi connectivity index (χ0v) is 20.0. The van der Waals surface area contributed by atoms with E-state index >= 15 is 0 Å². The van der Waals surface area contributed by atoms with Crippen molar-refractivity contribution in [2.75, 3.05) is 13.2 Å². The van der Waals surface area contributed by atoms with Crippen LogP contribution < -0.4 is 4.74 Å². The molecule has 12 nitrogen and oxygen atoms in total. The highest BCUT2D eigenvalue weighted by Gasteiger charge is 2.29. The fourth-order valence-corrected chi connectivity index (χ4v) is 4.79. The summed E-state index contributed by atoms with van der Waals surface area (Å²) in [5.41, 5.74) is 2.86. The van der Waals surface area contributed by atoms with Gasteiger partial charge in [-0.05, 0) is 62.8 Å². The van der Waals surface area contributed by atoms with Gasteiger partial charge in [0.05, 0.1) is 29.1 Å².